The number of carbonyl (C=O) groups excluding carboxylic acids is 4. The van der Waals surface area contributed by atoms with Crippen molar-refractivity contribution < 1.29 is 38.1 Å². The molecule has 0 aliphatic carbocycles. The van der Waals surface area contributed by atoms with Gasteiger partial charge in [-0.1, -0.05) is 58.5 Å². The van der Waals surface area contributed by atoms with Gasteiger partial charge in [0, 0.05) is 3.57 Å². The topological polar surface area (TPSA) is 129 Å². The molecule has 49 heavy (non-hydrogen) atoms. The van der Waals surface area contributed by atoms with Crippen molar-refractivity contribution in [2.75, 3.05) is 14.2 Å². The molecule has 2 aromatic carbocycles. The summed E-state index contributed by atoms with van der Waals surface area (Å²) in [6.45, 7) is 21.5. The lowest BCUT2D eigenvalue weighted by molar-refractivity contribution is -0.118. The van der Waals surface area contributed by atoms with Gasteiger partial charge in [-0.05, 0) is 124 Å². The number of amides is 2. The van der Waals surface area contributed by atoms with Gasteiger partial charge in [0.2, 0.25) is 0 Å². The van der Waals surface area contributed by atoms with E-state index in [1.165, 1.54) is 15.7 Å². The van der Waals surface area contributed by atoms with Gasteiger partial charge >= 0.3 is 12.2 Å². The van der Waals surface area contributed by atoms with Gasteiger partial charge in [0.05, 0.1) is 26.3 Å². The molecule has 2 N–H and O–H groups in total. The molecule has 2 aromatic rings. The number of hydrogen-bond acceptors (Lipinski definition) is 8. The van der Waals surface area contributed by atoms with Crippen molar-refractivity contribution in [2.24, 2.45) is 11.8 Å². The molecular formula is C38H55IN2O8. The van der Waals surface area contributed by atoms with Crippen LogP contribution in [0.3, 0.4) is 0 Å². The first kappa shape index (κ1) is 45.1. The number of hydrogen-bond donors (Lipinski definition) is 2. The molecule has 0 radical (unpaired) electrons. The second kappa shape index (κ2) is 22.0. The molecule has 0 saturated carbocycles. The number of nitrogens with one attached hydrogen (secondary N) is 2. The molecule has 0 saturated heterocycles. The van der Waals surface area contributed by atoms with E-state index in [4.69, 9.17) is 18.9 Å². The van der Waals surface area contributed by atoms with E-state index >= 15 is 0 Å². The minimum Gasteiger partial charge on any atom is -0.497 e. The standard InChI is InChI=1S/C19H27NO4.C12H21NO3.C7H7IO/c1-13(2)17(20-18(22)24-19(3,4)5)16(21)11-10-14-8-7-9-15(12-14)23-6;1-7-9(14)10(8(2)3)13-11(15)16-12(4,5)6;1-9-7-4-2-3-6(8)5-7/h7-13,17H,1-6H3,(H,20,22);7-8,10H,1H2,2-6H3,(H,13,15);2-5H,1H3/b11-10+;;. The number of rotatable bonds is 11. The molecule has 2 unspecified atom stereocenters. The number of carbonyl (C=O) groups is 4. The average Bonchev–Trinajstić information content (AvgIpc) is 2.99. The Morgan fingerprint density at radius 1 is 0.714 bits per heavy atom. The van der Waals surface area contributed by atoms with Crippen LogP contribution >= 0.6 is 22.6 Å². The van der Waals surface area contributed by atoms with Crippen LogP contribution in [0.15, 0.2) is 67.3 Å². The molecule has 2 amide bonds. The van der Waals surface area contributed by atoms with Crippen molar-refractivity contribution in [1.29, 1.82) is 0 Å². The number of benzene rings is 2. The Morgan fingerprint density at radius 3 is 1.51 bits per heavy atom. The zero-order chi connectivity index (χ0) is 37.9. The maximum Gasteiger partial charge on any atom is 0.408 e. The van der Waals surface area contributed by atoms with Crippen molar-refractivity contribution in [1.82, 2.24) is 10.6 Å². The fourth-order valence-electron chi connectivity index (χ4n) is 3.75. The van der Waals surface area contributed by atoms with E-state index in [0.717, 1.165) is 17.1 Å². The fourth-order valence-corrected chi connectivity index (χ4v) is 4.26. The van der Waals surface area contributed by atoms with Crippen LogP contribution in [0.2, 0.25) is 0 Å². The smallest absolute Gasteiger partial charge is 0.408 e. The minimum atomic E-state index is -0.637. The van der Waals surface area contributed by atoms with Crippen LogP contribution in [-0.4, -0.2) is 61.3 Å². The Kier molecular flexibility index (Phi) is 20.2. The second-order valence-corrected chi connectivity index (χ2v) is 14.8. The normalized spacial score (nSPS) is 12.3. The highest BCUT2D eigenvalue weighted by atomic mass is 127. The van der Waals surface area contributed by atoms with Crippen LogP contribution in [0.4, 0.5) is 9.59 Å². The van der Waals surface area contributed by atoms with Crippen LogP contribution in [0.5, 0.6) is 11.5 Å². The first-order valence-corrected chi connectivity index (χ1v) is 17.0. The molecule has 2 atom stereocenters. The zero-order valence-corrected chi connectivity index (χ0v) is 33.2. The Morgan fingerprint density at radius 2 is 1.14 bits per heavy atom. The molecule has 0 spiro atoms. The van der Waals surface area contributed by atoms with E-state index in [1.807, 2.05) is 76.2 Å². The lowest BCUT2D eigenvalue weighted by Crippen LogP contribution is -2.45. The summed E-state index contributed by atoms with van der Waals surface area (Å²) in [5.41, 5.74) is -0.323. The van der Waals surface area contributed by atoms with Crippen LogP contribution in [0, 0.1) is 15.4 Å². The van der Waals surface area contributed by atoms with Crippen molar-refractivity contribution in [2.45, 2.75) is 92.5 Å². The number of ether oxygens (including phenoxy) is 4. The van der Waals surface area contributed by atoms with Gasteiger partial charge in [0.25, 0.3) is 0 Å². The summed E-state index contributed by atoms with van der Waals surface area (Å²) >= 11 is 2.25. The van der Waals surface area contributed by atoms with E-state index in [2.05, 4.69) is 39.8 Å². The van der Waals surface area contributed by atoms with E-state index < -0.39 is 35.5 Å². The van der Waals surface area contributed by atoms with Gasteiger partial charge in [0.15, 0.2) is 11.6 Å². The Labute approximate surface area is 306 Å². The van der Waals surface area contributed by atoms with E-state index in [1.54, 1.807) is 61.8 Å². The SMILES string of the molecule is C=CC(=O)C(NC(=O)OC(C)(C)C)C(C)C.COc1cccc(/C=C/C(=O)C(NC(=O)OC(C)(C)C)C(C)C)c1.COc1cccc(I)c1. The van der Waals surface area contributed by atoms with Gasteiger partial charge in [-0.2, -0.15) is 0 Å². The van der Waals surface area contributed by atoms with Crippen LogP contribution in [-0.2, 0) is 19.1 Å². The Hall–Kier alpha value is -3.87. The summed E-state index contributed by atoms with van der Waals surface area (Å²) in [6.07, 6.45) is 3.21. The van der Waals surface area contributed by atoms with Crippen LogP contribution in [0.25, 0.3) is 6.08 Å². The predicted octanol–water partition coefficient (Wildman–Crippen LogP) is 8.42. The summed E-state index contributed by atoms with van der Waals surface area (Å²) in [7, 11) is 3.26. The molecule has 0 bridgehead atoms. The molecule has 0 fully saturated rings. The molecule has 0 aliphatic rings. The van der Waals surface area contributed by atoms with Crippen LogP contribution in [0.1, 0.15) is 74.8 Å². The Balaban J connectivity index is 0.000000787. The predicted molar refractivity (Wildman–Crippen MR) is 204 cm³/mol. The molecule has 272 valence electrons. The van der Waals surface area contributed by atoms with Crippen molar-refractivity contribution >= 4 is 52.4 Å². The monoisotopic (exact) mass is 794 g/mol. The highest BCUT2D eigenvalue weighted by Crippen LogP contribution is 2.16. The molecule has 0 heterocycles. The summed E-state index contributed by atoms with van der Waals surface area (Å²) in [4.78, 5) is 47.3. The number of halogens is 1. The number of ketones is 2. The zero-order valence-electron chi connectivity index (χ0n) is 31.0. The number of methoxy groups -OCH3 is 2. The summed E-state index contributed by atoms with van der Waals surface area (Å²) in [5.74, 6) is 1.19. The van der Waals surface area contributed by atoms with Gasteiger partial charge in [-0.25, -0.2) is 9.59 Å². The second-order valence-electron chi connectivity index (χ2n) is 13.5. The third-order valence-corrected chi connectivity index (χ3v) is 6.73. The lowest BCUT2D eigenvalue weighted by Gasteiger charge is -2.24. The molecule has 2 rings (SSSR count). The molecule has 0 aliphatic heterocycles. The van der Waals surface area contributed by atoms with Gasteiger partial charge in [0.1, 0.15) is 22.7 Å². The molecule has 0 aromatic heterocycles. The molecular weight excluding hydrogens is 739 g/mol. The Bertz CT molecular complexity index is 1390. The fraction of sp³-hybridized carbons (Fsp3) is 0.474. The first-order valence-electron chi connectivity index (χ1n) is 15.9. The maximum absolute atomic E-state index is 12.4. The van der Waals surface area contributed by atoms with Gasteiger partial charge in [-0.15, -0.1) is 0 Å². The third-order valence-electron chi connectivity index (χ3n) is 6.06. The van der Waals surface area contributed by atoms with E-state index in [-0.39, 0.29) is 23.4 Å². The highest BCUT2D eigenvalue weighted by Gasteiger charge is 2.26. The van der Waals surface area contributed by atoms with E-state index in [0.29, 0.717) is 0 Å². The highest BCUT2D eigenvalue weighted by molar-refractivity contribution is 14.1. The van der Waals surface area contributed by atoms with Gasteiger partial charge in [-0.3, -0.25) is 9.59 Å². The summed E-state index contributed by atoms with van der Waals surface area (Å²) in [6, 6.07) is 14.1. The summed E-state index contributed by atoms with van der Waals surface area (Å²) < 4.78 is 21.6. The third kappa shape index (κ3) is 21.0. The molecule has 10 nitrogen and oxygen atoms in total. The molecule has 11 heteroatoms. The van der Waals surface area contributed by atoms with Gasteiger partial charge < -0.3 is 29.6 Å². The summed E-state index contributed by atoms with van der Waals surface area (Å²) in [5, 5.41) is 5.19. The van der Waals surface area contributed by atoms with Crippen molar-refractivity contribution in [3.05, 3.63) is 76.4 Å². The first-order chi connectivity index (χ1) is 22.6. The largest absolute Gasteiger partial charge is 0.497 e. The number of alkyl carbamates (subject to hydrolysis) is 2. The quantitative estimate of drug-likeness (QED) is 0.172. The van der Waals surface area contributed by atoms with Crippen molar-refractivity contribution in [3.8, 4) is 11.5 Å². The van der Waals surface area contributed by atoms with Crippen molar-refractivity contribution in [3.63, 3.8) is 0 Å². The van der Waals surface area contributed by atoms with E-state index in [9.17, 15) is 19.2 Å². The van der Waals surface area contributed by atoms with Crippen LogP contribution < -0.4 is 20.1 Å². The maximum atomic E-state index is 12.4. The average molecular weight is 795 g/mol. The lowest BCUT2D eigenvalue weighted by atomic mass is 9.99. The minimum absolute atomic E-state index is 0.00183.